The molecule has 2 aromatic heterocycles. The zero-order valence-electron chi connectivity index (χ0n) is 15.7. The van der Waals surface area contributed by atoms with Gasteiger partial charge in [-0.05, 0) is 24.6 Å². The number of fused-ring (bicyclic) bond motifs is 1. The van der Waals surface area contributed by atoms with Crippen molar-refractivity contribution >= 4 is 28.1 Å². The average molecular weight is 389 g/mol. The number of para-hydroxylation sites is 1. The van der Waals surface area contributed by atoms with Gasteiger partial charge in [-0.3, -0.25) is 10.1 Å². The molecule has 4 aromatic rings. The predicted octanol–water partition coefficient (Wildman–Crippen LogP) is 3.77. The number of nitrogens with zero attached hydrogens (tertiary/aromatic N) is 5. The number of nitro benzene ring substituents is 1. The summed E-state index contributed by atoms with van der Waals surface area (Å²) >= 11 is 0. The van der Waals surface area contributed by atoms with Crippen molar-refractivity contribution in [2.45, 2.75) is 13.5 Å². The summed E-state index contributed by atoms with van der Waals surface area (Å²) in [7, 11) is 0. The monoisotopic (exact) mass is 389 g/mol. The van der Waals surface area contributed by atoms with Crippen molar-refractivity contribution in [3.05, 3.63) is 77.1 Å². The van der Waals surface area contributed by atoms with E-state index in [9.17, 15) is 10.1 Å². The number of hydrogen-bond donors (Lipinski definition) is 2. The Labute approximate surface area is 166 Å². The molecule has 0 aliphatic rings. The first-order valence-corrected chi connectivity index (χ1v) is 9.14. The minimum Gasteiger partial charge on any atom is -0.380 e. The molecule has 0 fully saturated rings. The van der Waals surface area contributed by atoms with Gasteiger partial charge >= 0.3 is 0 Å². The molecule has 29 heavy (non-hydrogen) atoms. The number of aromatic nitrogens is 4. The first-order valence-electron chi connectivity index (χ1n) is 9.14. The second-order valence-corrected chi connectivity index (χ2v) is 6.35. The summed E-state index contributed by atoms with van der Waals surface area (Å²) in [6.07, 6.45) is 6.80. The Morgan fingerprint density at radius 3 is 2.79 bits per heavy atom. The molecule has 2 N–H and O–H groups in total. The van der Waals surface area contributed by atoms with Crippen LogP contribution in [0, 0.1) is 10.1 Å². The van der Waals surface area contributed by atoms with E-state index in [4.69, 9.17) is 0 Å². The number of benzene rings is 2. The zero-order valence-corrected chi connectivity index (χ0v) is 15.7. The van der Waals surface area contributed by atoms with Gasteiger partial charge in [0.15, 0.2) is 0 Å². The molecule has 146 valence electrons. The van der Waals surface area contributed by atoms with E-state index in [1.54, 1.807) is 18.6 Å². The van der Waals surface area contributed by atoms with Gasteiger partial charge in [0.2, 0.25) is 0 Å². The van der Waals surface area contributed by atoms with E-state index >= 15 is 0 Å². The normalized spacial score (nSPS) is 10.8. The van der Waals surface area contributed by atoms with Gasteiger partial charge in [-0.25, -0.2) is 15.0 Å². The molecule has 0 unspecified atom stereocenters. The fourth-order valence-electron chi connectivity index (χ4n) is 3.21. The number of nitrogens with one attached hydrogen (secondary N) is 2. The Morgan fingerprint density at radius 2 is 2.03 bits per heavy atom. The molecule has 0 saturated carbocycles. The van der Waals surface area contributed by atoms with Crippen LogP contribution in [0.25, 0.3) is 16.6 Å². The maximum absolute atomic E-state index is 11.5. The summed E-state index contributed by atoms with van der Waals surface area (Å²) in [4.78, 5) is 23.8. The SMILES string of the molecule is CCNc1cc2ncnc(NCc3ccccc3-n3ccnc3)c2cc1[N+](=O)[O-]. The molecule has 2 aromatic carbocycles. The van der Waals surface area contributed by atoms with Gasteiger partial charge in [0.05, 0.1) is 22.5 Å². The van der Waals surface area contributed by atoms with Crippen molar-refractivity contribution in [3.63, 3.8) is 0 Å². The summed E-state index contributed by atoms with van der Waals surface area (Å²) in [6.45, 7) is 2.95. The van der Waals surface area contributed by atoms with E-state index in [1.807, 2.05) is 42.0 Å². The summed E-state index contributed by atoms with van der Waals surface area (Å²) in [6, 6.07) is 11.1. The lowest BCUT2D eigenvalue weighted by atomic mass is 10.1. The minimum absolute atomic E-state index is 0.00369. The van der Waals surface area contributed by atoms with Crippen LogP contribution in [0.2, 0.25) is 0 Å². The Kier molecular flexibility index (Phi) is 5.02. The summed E-state index contributed by atoms with van der Waals surface area (Å²) in [5.74, 6) is 0.543. The third-order valence-electron chi connectivity index (χ3n) is 4.54. The molecule has 2 heterocycles. The molecule has 0 aliphatic carbocycles. The van der Waals surface area contributed by atoms with Crippen molar-refractivity contribution in [1.29, 1.82) is 0 Å². The molecule has 9 heteroatoms. The highest BCUT2D eigenvalue weighted by molar-refractivity contribution is 5.94. The lowest BCUT2D eigenvalue weighted by Gasteiger charge is -2.13. The zero-order chi connectivity index (χ0) is 20.2. The van der Waals surface area contributed by atoms with Crippen LogP contribution in [0.1, 0.15) is 12.5 Å². The molecule has 0 saturated heterocycles. The summed E-state index contributed by atoms with van der Waals surface area (Å²) in [5.41, 5.74) is 3.11. The van der Waals surface area contributed by atoms with E-state index in [-0.39, 0.29) is 5.69 Å². The molecule has 0 radical (unpaired) electrons. The Balaban J connectivity index is 1.69. The maximum atomic E-state index is 11.5. The van der Waals surface area contributed by atoms with Gasteiger partial charge in [-0.2, -0.15) is 0 Å². The fraction of sp³-hybridized carbons (Fsp3) is 0.150. The minimum atomic E-state index is -0.400. The van der Waals surface area contributed by atoms with E-state index < -0.39 is 4.92 Å². The average Bonchev–Trinajstić information content (AvgIpc) is 3.26. The number of imidazole rings is 1. The van der Waals surface area contributed by atoms with Crippen LogP contribution in [0.15, 0.2) is 61.4 Å². The summed E-state index contributed by atoms with van der Waals surface area (Å²) in [5, 5.41) is 18.4. The highest BCUT2D eigenvalue weighted by Gasteiger charge is 2.17. The third-order valence-corrected chi connectivity index (χ3v) is 4.54. The lowest BCUT2D eigenvalue weighted by molar-refractivity contribution is -0.383. The van der Waals surface area contributed by atoms with Gasteiger partial charge in [-0.15, -0.1) is 0 Å². The quantitative estimate of drug-likeness (QED) is 0.366. The van der Waals surface area contributed by atoms with Crippen LogP contribution in [0.5, 0.6) is 0 Å². The smallest absolute Gasteiger partial charge is 0.293 e. The van der Waals surface area contributed by atoms with Crippen molar-refractivity contribution in [2.24, 2.45) is 0 Å². The number of nitro groups is 1. The van der Waals surface area contributed by atoms with Gasteiger partial charge in [0.1, 0.15) is 17.8 Å². The Hall–Kier alpha value is -4.01. The number of rotatable bonds is 7. The van der Waals surface area contributed by atoms with Crippen molar-refractivity contribution in [2.75, 3.05) is 17.2 Å². The molecule has 9 nitrogen and oxygen atoms in total. The van der Waals surface area contributed by atoms with Crippen LogP contribution < -0.4 is 10.6 Å². The second-order valence-electron chi connectivity index (χ2n) is 6.35. The van der Waals surface area contributed by atoms with E-state index in [0.29, 0.717) is 35.5 Å². The number of hydrogen-bond acceptors (Lipinski definition) is 7. The highest BCUT2D eigenvalue weighted by atomic mass is 16.6. The molecular formula is C20H19N7O2. The van der Waals surface area contributed by atoms with Gasteiger partial charge in [0.25, 0.3) is 5.69 Å². The van der Waals surface area contributed by atoms with Gasteiger partial charge in [-0.1, -0.05) is 18.2 Å². The van der Waals surface area contributed by atoms with Crippen molar-refractivity contribution < 1.29 is 4.92 Å². The van der Waals surface area contributed by atoms with Crippen LogP contribution in [-0.4, -0.2) is 31.0 Å². The Bertz CT molecular complexity index is 1160. The second kappa shape index (κ2) is 7.93. The Morgan fingerprint density at radius 1 is 1.17 bits per heavy atom. The van der Waals surface area contributed by atoms with E-state index in [2.05, 4.69) is 25.6 Å². The summed E-state index contributed by atoms with van der Waals surface area (Å²) < 4.78 is 1.93. The standard InChI is InChI=1S/C20H19N7O2/c1-2-22-17-10-16-15(9-19(17)27(28)29)20(25-12-24-16)23-11-14-5-3-4-6-18(14)26-8-7-21-13-26/h3-10,12-13,22H,2,11H2,1H3,(H,23,24,25). The predicted molar refractivity (Wildman–Crippen MR) is 111 cm³/mol. The largest absolute Gasteiger partial charge is 0.380 e. The molecule has 0 atom stereocenters. The van der Waals surface area contributed by atoms with Crippen LogP contribution in [0.3, 0.4) is 0 Å². The first-order chi connectivity index (χ1) is 14.2. The van der Waals surface area contributed by atoms with E-state index in [0.717, 1.165) is 11.3 Å². The molecule has 4 rings (SSSR count). The molecule has 0 aliphatic heterocycles. The molecule has 0 spiro atoms. The number of anilines is 2. The van der Waals surface area contributed by atoms with Gasteiger partial charge in [0, 0.05) is 36.9 Å². The van der Waals surface area contributed by atoms with Crippen LogP contribution >= 0.6 is 0 Å². The topological polar surface area (TPSA) is 111 Å². The lowest BCUT2D eigenvalue weighted by Crippen LogP contribution is -2.07. The third kappa shape index (κ3) is 3.70. The first kappa shape index (κ1) is 18.4. The van der Waals surface area contributed by atoms with Crippen LogP contribution in [0.4, 0.5) is 17.2 Å². The van der Waals surface area contributed by atoms with Crippen LogP contribution in [-0.2, 0) is 6.54 Å². The fourth-order valence-corrected chi connectivity index (χ4v) is 3.21. The van der Waals surface area contributed by atoms with Crippen molar-refractivity contribution in [1.82, 2.24) is 19.5 Å². The van der Waals surface area contributed by atoms with Crippen molar-refractivity contribution in [3.8, 4) is 5.69 Å². The molecule has 0 amide bonds. The molecular weight excluding hydrogens is 370 g/mol. The highest BCUT2D eigenvalue weighted by Crippen LogP contribution is 2.32. The van der Waals surface area contributed by atoms with E-state index in [1.165, 1.54) is 12.4 Å². The maximum Gasteiger partial charge on any atom is 0.293 e. The molecule has 0 bridgehead atoms. The van der Waals surface area contributed by atoms with Gasteiger partial charge < -0.3 is 15.2 Å².